The molecule has 1 amide bonds. The van der Waals surface area contributed by atoms with Gasteiger partial charge in [0.15, 0.2) is 0 Å². The van der Waals surface area contributed by atoms with Crippen LogP contribution in [-0.4, -0.2) is 43.2 Å². The van der Waals surface area contributed by atoms with Crippen molar-refractivity contribution in [3.05, 3.63) is 0 Å². The summed E-state index contributed by atoms with van der Waals surface area (Å²) in [6.45, 7) is 5.58. The topological polar surface area (TPSA) is 55.6 Å². The highest BCUT2D eigenvalue weighted by atomic mass is 35.5. The van der Waals surface area contributed by atoms with Crippen LogP contribution in [0.2, 0.25) is 0 Å². The van der Waals surface area contributed by atoms with E-state index in [2.05, 4.69) is 13.8 Å². The summed E-state index contributed by atoms with van der Waals surface area (Å²) in [5, 5.41) is 0. The lowest BCUT2D eigenvalue weighted by Crippen LogP contribution is -2.38. The normalized spacial score (nSPS) is 26.4. The average molecular weight is 251 g/mol. The maximum Gasteiger partial charge on any atom is 0.225 e. The molecule has 4 nitrogen and oxygen atoms in total. The molecular weight excluding hydrogens is 228 g/mol. The molecule has 0 radical (unpaired) electrons. The zero-order valence-electron chi connectivity index (χ0n) is 10.3. The molecule has 0 saturated carbocycles. The fourth-order valence-corrected chi connectivity index (χ4v) is 2.02. The fraction of sp³-hybridized carbons (Fsp3) is 0.909. The van der Waals surface area contributed by atoms with Gasteiger partial charge in [0.2, 0.25) is 5.91 Å². The molecule has 1 fully saturated rings. The first-order valence-corrected chi connectivity index (χ1v) is 5.62. The first kappa shape index (κ1) is 15.7. The van der Waals surface area contributed by atoms with Gasteiger partial charge in [0.25, 0.3) is 0 Å². The summed E-state index contributed by atoms with van der Waals surface area (Å²) in [5.74, 6) is 0.775. The van der Waals surface area contributed by atoms with Gasteiger partial charge in [-0.2, -0.15) is 0 Å². The fourth-order valence-electron chi connectivity index (χ4n) is 2.02. The molecule has 0 aromatic carbocycles. The first-order chi connectivity index (χ1) is 7.10. The Hall–Kier alpha value is -0.320. The lowest BCUT2D eigenvalue weighted by molar-refractivity contribution is -0.134. The summed E-state index contributed by atoms with van der Waals surface area (Å²) < 4.78 is 5.12. The van der Waals surface area contributed by atoms with Crippen molar-refractivity contribution in [2.75, 3.05) is 20.2 Å². The third kappa shape index (κ3) is 3.61. The number of halogens is 1. The van der Waals surface area contributed by atoms with Gasteiger partial charge < -0.3 is 15.4 Å². The molecule has 0 spiro atoms. The van der Waals surface area contributed by atoms with E-state index in [0.717, 1.165) is 13.0 Å². The van der Waals surface area contributed by atoms with Gasteiger partial charge in [-0.1, -0.05) is 6.92 Å². The Labute approximate surface area is 104 Å². The highest BCUT2D eigenvalue weighted by Crippen LogP contribution is 2.24. The molecule has 0 aromatic heterocycles. The van der Waals surface area contributed by atoms with Crippen LogP contribution in [0.5, 0.6) is 0 Å². The zero-order valence-corrected chi connectivity index (χ0v) is 11.1. The molecule has 96 valence electrons. The third-order valence-corrected chi connectivity index (χ3v) is 3.46. The first-order valence-electron chi connectivity index (χ1n) is 5.62. The number of methoxy groups -OCH3 is 1. The molecule has 1 rings (SSSR count). The number of carbonyl (C=O) groups is 1. The number of likely N-dealkylation sites (tertiary alicyclic amines) is 1. The van der Waals surface area contributed by atoms with Gasteiger partial charge in [0, 0.05) is 26.2 Å². The van der Waals surface area contributed by atoms with Gasteiger partial charge in [0.1, 0.15) is 0 Å². The summed E-state index contributed by atoms with van der Waals surface area (Å²) in [4.78, 5) is 13.9. The number of carbonyl (C=O) groups excluding carboxylic acids is 1. The quantitative estimate of drug-likeness (QED) is 0.811. The molecule has 5 heteroatoms. The molecule has 1 aliphatic rings. The van der Waals surface area contributed by atoms with E-state index < -0.39 is 0 Å². The minimum atomic E-state index is -0.138. The predicted molar refractivity (Wildman–Crippen MR) is 66.7 cm³/mol. The lowest BCUT2D eigenvalue weighted by Gasteiger charge is -2.25. The summed E-state index contributed by atoms with van der Waals surface area (Å²) in [5.41, 5.74) is 5.50. The van der Waals surface area contributed by atoms with Crippen LogP contribution in [0.1, 0.15) is 26.7 Å². The molecule has 0 aliphatic carbocycles. The van der Waals surface area contributed by atoms with Crippen molar-refractivity contribution < 1.29 is 9.53 Å². The molecule has 16 heavy (non-hydrogen) atoms. The van der Waals surface area contributed by atoms with Crippen LogP contribution < -0.4 is 5.73 Å². The van der Waals surface area contributed by atoms with Crippen LogP contribution in [0.25, 0.3) is 0 Å². The van der Waals surface area contributed by atoms with Crippen molar-refractivity contribution in [2.24, 2.45) is 11.7 Å². The van der Waals surface area contributed by atoms with E-state index in [0.29, 0.717) is 24.9 Å². The van der Waals surface area contributed by atoms with E-state index in [4.69, 9.17) is 10.5 Å². The maximum absolute atomic E-state index is 11.9. The van der Waals surface area contributed by atoms with Crippen LogP contribution >= 0.6 is 12.4 Å². The second-order valence-electron chi connectivity index (χ2n) is 4.39. The van der Waals surface area contributed by atoms with Crippen molar-refractivity contribution >= 4 is 18.3 Å². The second-order valence-corrected chi connectivity index (χ2v) is 4.39. The SMILES string of the molecule is COC(CN)CC(=O)N1CCC(C)C1C.Cl. The van der Waals surface area contributed by atoms with Crippen molar-refractivity contribution in [1.82, 2.24) is 4.90 Å². The van der Waals surface area contributed by atoms with Crippen LogP contribution in [0, 0.1) is 5.92 Å². The predicted octanol–water partition coefficient (Wildman–Crippen LogP) is 1.03. The number of hydrogen-bond acceptors (Lipinski definition) is 3. The molecule has 0 bridgehead atoms. The molecule has 1 heterocycles. The summed E-state index contributed by atoms with van der Waals surface area (Å²) >= 11 is 0. The van der Waals surface area contributed by atoms with Gasteiger partial charge in [0.05, 0.1) is 12.5 Å². The van der Waals surface area contributed by atoms with Crippen molar-refractivity contribution in [1.29, 1.82) is 0 Å². The van der Waals surface area contributed by atoms with Crippen molar-refractivity contribution in [3.63, 3.8) is 0 Å². The standard InChI is InChI=1S/C11H22N2O2.ClH/c1-8-4-5-13(9(8)2)11(14)6-10(7-12)15-3;/h8-10H,4-7,12H2,1-3H3;1H. The van der Waals surface area contributed by atoms with E-state index >= 15 is 0 Å². The Bertz CT molecular complexity index is 222. The Morgan fingerprint density at radius 3 is 2.56 bits per heavy atom. The monoisotopic (exact) mass is 250 g/mol. The molecule has 0 aromatic rings. The number of rotatable bonds is 4. The minimum absolute atomic E-state index is 0. The Morgan fingerprint density at radius 2 is 2.19 bits per heavy atom. The zero-order chi connectivity index (χ0) is 11.4. The molecule has 3 atom stereocenters. The van der Waals surface area contributed by atoms with Gasteiger partial charge in [-0.25, -0.2) is 0 Å². The van der Waals surface area contributed by atoms with E-state index in [1.54, 1.807) is 7.11 Å². The summed E-state index contributed by atoms with van der Waals surface area (Å²) in [6.07, 6.45) is 1.37. The lowest BCUT2D eigenvalue weighted by atomic mass is 10.1. The Morgan fingerprint density at radius 1 is 1.56 bits per heavy atom. The largest absolute Gasteiger partial charge is 0.380 e. The summed E-state index contributed by atoms with van der Waals surface area (Å²) in [6, 6.07) is 0.354. The Kier molecular flexibility index (Phi) is 6.95. The molecule has 1 aliphatic heterocycles. The van der Waals surface area contributed by atoms with E-state index in [1.807, 2.05) is 4.90 Å². The van der Waals surface area contributed by atoms with Gasteiger partial charge in [-0.15, -0.1) is 12.4 Å². The van der Waals surface area contributed by atoms with Gasteiger partial charge in [-0.3, -0.25) is 4.79 Å². The van der Waals surface area contributed by atoms with Crippen LogP contribution in [0.15, 0.2) is 0 Å². The number of amides is 1. The van der Waals surface area contributed by atoms with E-state index in [1.165, 1.54) is 0 Å². The maximum atomic E-state index is 11.9. The van der Waals surface area contributed by atoms with E-state index in [9.17, 15) is 4.79 Å². The average Bonchev–Trinajstić information content (AvgIpc) is 2.56. The second kappa shape index (κ2) is 7.09. The van der Waals surface area contributed by atoms with Crippen molar-refractivity contribution in [3.8, 4) is 0 Å². The molecular formula is C11H23ClN2O2. The minimum Gasteiger partial charge on any atom is -0.380 e. The number of ether oxygens (including phenoxy) is 1. The van der Waals surface area contributed by atoms with Crippen LogP contribution in [0.4, 0.5) is 0 Å². The number of nitrogens with zero attached hydrogens (tertiary/aromatic N) is 1. The third-order valence-electron chi connectivity index (χ3n) is 3.46. The van der Waals surface area contributed by atoms with Crippen molar-refractivity contribution in [2.45, 2.75) is 38.8 Å². The van der Waals surface area contributed by atoms with Crippen LogP contribution in [0.3, 0.4) is 0 Å². The number of nitrogens with two attached hydrogens (primary N) is 1. The Balaban J connectivity index is 0.00000225. The smallest absolute Gasteiger partial charge is 0.225 e. The van der Waals surface area contributed by atoms with Crippen LogP contribution in [-0.2, 0) is 9.53 Å². The molecule has 3 unspecified atom stereocenters. The highest BCUT2D eigenvalue weighted by molar-refractivity contribution is 5.85. The highest BCUT2D eigenvalue weighted by Gasteiger charge is 2.31. The molecule has 1 saturated heterocycles. The summed E-state index contributed by atoms with van der Waals surface area (Å²) in [7, 11) is 1.60. The molecule has 2 N–H and O–H groups in total. The van der Waals surface area contributed by atoms with E-state index in [-0.39, 0.29) is 24.4 Å². The number of hydrogen-bond donors (Lipinski definition) is 1. The van der Waals surface area contributed by atoms with Gasteiger partial charge >= 0.3 is 0 Å². The van der Waals surface area contributed by atoms with Gasteiger partial charge in [-0.05, 0) is 19.3 Å².